The number of nitro benzene ring substituents is 1. The molecular formula is C26H33NO3. The molecule has 30 heavy (non-hydrogen) atoms. The molecule has 3 unspecified atom stereocenters. The quantitative estimate of drug-likeness (QED) is 0.316. The molecule has 0 bridgehead atoms. The summed E-state index contributed by atoms with van der Waals surface area (Å²) in [4.78, 5) is 24.0. The molecule has 0 spiro atoms. The Morgan fingerprint density at radius 1 is 1.00 bits per heavy atom. The molecule has 4 aliphatic rings. The second-order valence-corrected chi connectivity index (χ2v) is 10.9. The molecule has 0 radical (unpaired) electrons. The number of fused-ring (bicyclic) bond motifs is 5. The summed E-state index contributed by atoms with van der Waals surface area (Å²) in [5.74, 6) is 3.15. The van der Waals surface area contributed by atoms with Crippen LogP contribution in [0, 0.1) is 44.6 Å². The van der Waals surface area contributed by atoms with E-state index in [1.165, 1.54) is 57.1 Å². The van der Waals surface area contributed by atoms with Crippen molar-refractivity contribution in [1.82, 2.24) is 0 Å². The van der Waals surface area contributed by atoms with Crippen LogP contribution in [0.5, 0.6) is 0 Å². The summed E-state index contributed by atoms with van der Waals surface area (Å²) in [6.45, 7) is 4.79. The molecule has 0 N–H and O–H groups in total. The summed E-state index contributed by atoms with van der Waals surface area (Å²) in [6.07, 6.45) is 13.3. The lowest BCUT2D eigenvalue weighted by atomic mass is 9.45. The lowest BCUT2D eigenvalue weighted by Crippen LogP contribution is -2.52. The maximum atomic E-state index is 13.5. The zero-order valence-corrected chi connectivity index (χ0v) is 18.2. The lowest BCUT2D eigenvalue weighted by Gasteiger charge is -2.59. The monoisotopic (exact) mass is 407 g/mol. The van der Waals surface area contributed by atoms with Crippen LogP contribution in [-0.4, -0.2) is 10.7 Å². The fraction of sp³-hybridized carbons (Fsp3) is 0.654. The number of nitrogens with zero attached hydrogens (tertiary/aromatic N) is 1. The molecule has 6 atom stereocenters. The van der Waals surface area contributed by atoms with Gasteiger partial charge < -0.3 is 0 Å². The predicted octanol–water partition coefficient (Wildman–Crippen LogP) is 6.59. The molecule has 4 heteroatoms. The van der Waals surface area contributed by atoms with Crippen molar-refractivity contribution >= 4 is 17.5 Å². The number of carbonyl (C=O) groups excluding carboxylic acids is 1. The van der Waals surface area contributed by atoms with E-state index in [-0.39, 0.29) is 16.0 Å². The van der Waals surface area contributed by atoms with Gasteiger partial charge in [0, 0.05) is 17.5 Å². The van der Waals surface area contributed by atoms with E-state index in [0.29, 0.717) is 23.0 Å². The van der Waals surface area contributed by atoms with Gasteiger partial charge in [0.25, 0.3) is 5.69 Å². The van der Waals surface area contributed by atoms with E-state index >= 15 is 0 Å². The highest BCUT2D eigenvalue weighted by molar-refractivity contribution is 6.05. The summed E-state index contributed by atoms with van der Waals surface area (Å²) < 4.78 is 0. The van der Waals surface area contributed by atoms with Crippen LogP contribution in [0.3, 0.4) is 0 Å². The third kappa shape index (κ3) is 2.90. The normalized spacial score (nSPS) is 41.8. The summed E-state index contributed by atoms with van der Waals surface area (Å²) in [7, 11) is 0. The molecule has 1 aromatic carbocycles. The highest BCUT2D eigenvalue weighted by atomic mass is 16.6. The number of hydrogen-bond donors (Lipinski definition) is 0. The van der Waals surface area contributed by atoms with Crippen molar-refractivity contribution in [2.24, 2.45) is 34.5 Å². The van der Waals surface area contributed by atoms with E-state index < -0.39 is 0 Å². The molecule has 0 amide bonds. The van der Waals surface area contributed by atoms with E-state index in [0.717, 1.165) is 35.8 Å². The zero-order valence-electron chi connectivity index (χ0n) is 18.2. The Bertz CT molecular complexity index is 903. The number of Topliss-reactive ketones (excluding diaryl/α,β-unsaturated/α-hetero) is 1. The van der Waals surface area contributed by atoms with E-state index in [2.05, 4.69) is 13.8 Å². The Kier molecular flexibility index (Phi) is 4.68. The molecular weight excluding hydrogens is 374 g/mol. The van der Waals surface area contributed by atoms with Crippen molar-refractivity contribution < 1.29 is 9.72 Å². The van der Waals surface area contributed by atoms with Crippen molar-refractivity contribution in [3.63, 3.8) is 0 Å². The second kappa shape index (κ2) is 7.03. The van der Waals surface area contributed by atoms with E-state index in [4.69, 9.17) is 0 Å². The number of non-ortho nitro benzene ring substituents is 1. The number of hydrogen-bond acceptors (Lipinski definition) is 3. The molecule has 0 aromatic heterocycles. The second-order valence-electron chi connectivity index (χ2n) is 10.9. The molecule has 1 aromatic rings. The third-order valence-electron chi connectivity index (χ3n) is 9.67. The molecule has 0 saturated heterocycles. The van der Waals surface area contributed by atoms with Gasteiger partial charge in [0.15, 0.2) is 5.78 Å². The van der Waals surface area contributed by atoms with Crippen LogP contribution in [-0.2, 0) is 4.79 Å². The maximum absolute atomic E-state index is 13.5. The molecule has 160 valence electrons. The fourth-order valence-electron chi connectivity index (χ4n) is 7.99. The Balaban J connectivity index is 1.43. The third-order valence-corrected chi connectivity index (χ3v) is 9.67. The minimum Gasteiger partial charge on any atom is -0.294 e. The van der Waals surface area contributed by atoms with Gasteiger partial charge in [0.05, 0.1) is 4.92 Å². The fourth-order valence-corrected chi connectivity index (χ4v) is 7.99. The number of carbonyl (C=O) groups is 1. The van der Waals surface area contributed by atoms with Crippen LogP contribution in [0.2, 0.25) is 0 Å². The summed E-state index contributed by atoms with van der Waals surface area (Å²) >= 11 is 0. The van der Waals surface area contributed by atoms with Crippen molar-refractivity contribution in [1.29, 1.82) is 0 Å². The molecule has 0 aliphatic heterocycles. The molecule has 4 fully saturated rings. The van der Waals surface area contributed by atoms with Crippen LogP contribution in [0.25, 0.3) is 6.08 Å². The minimum atomic E-state index is -0.379. The van der Waals surface area contributed by atoms with Crippen LogP contribution >= 0.6 is 0 Å². The summed E-state index contributed by atoms with van der Waals surface area (Å²) in [6, 6.07) is 6.59. The SMILES string of the molecule is C[C@]12CCC3C(CC[C@H]4CCCC[C@]34C)C1C/C(=C\c1ccc([N+](=O)[O-])cc1)C2=O. The van der Waals surface area contributed by atoms with Gasteiger partial charge >= 0.3 is 0 Å². The molecule has 5 rings (SSSR count). The largest absolute Gasteiger partial charge is 0.294 e. The van der Waals surface area contributed by atoms with Crippen molar-refractivity contribution in [2.75, 3.05) is 0 Å². The lowest BCUT2D eigenvalue weighted by molar-refractivity contribution is -0.384. The number of ketones is 1. The highest BCUT2D eigenvalue weighted by Gasteiger charge is 2.60. The molecule has 4 nitrogen and oxygen atoms in total. The first-order valence-electron chi connectivity index (χ1n) is 11.8. The molecule has 0 heterocycles. The number of nitro groups is 1. The summed E-state index contributed by atoms with van der Waals surface area (Å²) in [5, 5.41) is 10.9. The van der Waals surface area contributed by atoms with E-state index in [1.807, 2.05) is 6.08 Å². The van der Waals surface area contributed by atoms with Crippen molar-refractivity contribution in [2.45, 2.75) is 71.6 Å². The minimum absolute atomic E-state index is 0.0934. The summed E-state index contributed by atoms with van der Waals surface area (Å²) in [5.41, 5.74) is 2.19. The smallest absolute Gasteiger partial charge is 0.269 e. The Labute approximate surface area is 179 Å². The van der Waals surface area contributed by atoms with Crippen molar-refractivity contribution in [3.05, 3.63) is 45.5 Å². The van der Waals surface area contributed by atoms with Gasteiger partial charge in [0.1, 0.15) is 0 Å². The first-order chi connectivity index (χ1) is 14.3. The Morgan fingerprint density at radius 3 is 2.50 bits per heavy atom. The average molecular weight is 408 g/mol. The Morgan fingerprint density at radius 2 is 1.77 bits per heavy atom. The average Bonchev–Trinajstić information content (AvgIpc) is 2.98. The van der Waals surface area contributed by atoms with Gasteiger partial charge in [-0.3, -0.25) is 14.9 Å². The molecule has 4 aliphatic carbocycles. The Hall–Kier alpha value is -1.97. The first kappa shape index (κ1) is 20.0. The van der Waals surface area contributed by atoms with E-state index in [1.54, 1.807) is 12.1 Å². The van der Waals surface area contributed by atoms with Gasteiger partial charge in [-0.2, -0.15) is 0 Å². The number of rotatable bonds is 2. The number of allylic oxidation sites excluding steroid dienone is 1. The van der Waals surface area contributed by atoms with Crippen LogP contribution < -0.4 is 0 Å². The zero-order chi connectivity index (χ0) is 21.1. The first-order valence-corrected chi connectivity index (χ1v) is 11.8. The van der Waals surface area contributed by atoms with Crippen molar-refractivity contribution in [3.8, 4) is 0 Å². The standard InChI is InChI=1S/C26H33NO3/c1-25-13-4-3-5-19(25)8-11-21-22(25)12-14-26(2)23(21)16-18(24(26)28)15-17-6-9-20(10-7-17)27(29)30/h6-7,9-10,15,19,21-23H,3-5,8,11-14,16H2,1-2H3/b18-15+/t19-,21?,22?,23?,25+,26+/m1/s1. The maximum Gasteiger partial charge on any atom is 0.269 e. The van der Waals surface area contributed by atoms with Gasteiger partial charge in [-0.05, 0) is 103 Å². The highest BCUT2D eigenvalue weighted by Crippen LogP contribution is 2.66. The molecule has 4 saturated carbocycles. The van der Waals surface area contributed by atoms with E-state index in [9.17, 15) is 14.9 Å². The van der Waals surface area contributed by atoms with Gasteiger partial charge in [-0.25, -0.2) is 0 Å². The van der Waals surface area contributed by atoms with Gasteiger partial charge in [0.2, 0.25) is 0 Å². The topological polar surface area (TPSA) is 60.2 Å². The van der Waals surface area contributed by atoms with Gasteiger partial charge in [-0.15, -0.1) is 0 Å². The number of benzene rings is 1. The predicted molar refractivity (Wildman–Crippen MR) is 118 cm³/mol. The van der Waals surface area contributed by atoms with Crippen LogP contribution in [0.4, 0.5) is 5.69 Å². The van der Waals surface area contributed by atoms with Gasteiger partial charge in [-0.1, -0.05) is 26.7 Å². The van der Waals surface area contributed by atoms with Crippen LogP contribution in [0.1, 0.15) is 77.2 Å². The van der Waals surface area contributed by atoms with Crippen LogP contribution in [0.15, 0.2) is 29.8 Å².